The number of nitrogens with one attached hydrogen (secondary N) is 1. The van der Waals surface area contributed by atoms with Crippen LogP contribution in [0.15, 0.2) is 17.1 Å². The van der Waals surface area contributed by atoms with Gasteiger partial charge in [0, 0.05) is 6.20 Å². The van der Waals surface area contributed by atoms with Crippen molar-refractivity contribution in [1.82, 2.24) is 9.55 Å². The van der Waals surface area contributed by atoms with Crippen LogP contribution >= 0.6 is 0 Å². The average Bonchev–Trinajstić information content (AvgIpc) is 2.82. The molecule has 0 unspecified atom stereocenters. The number of carbonyl (C=O) groups is 1. The lowest BCUT2D eigenvalue weighted by atomic mass is 9.96. The van der Waals surface area contributed by atoms with Crippen LogP contribution in [0, 0.1) is 0 Å². The molecule has 0 spiro atoms. The maximum Gasteiger partial charge on any atom is 0.412 e. The first kappa shape index (κ1) is 20.3. The van der Waals surface area contributed by atoms with E-state index in [2.05, 4.69) is 10.3 Å². The first-order valence-corrected chi connectivity index (χ1v) is 8.51. The molecular weight excluding hydrogens is 346 g/mol. The van der Waals surface area contributed by atoms with E-state index in [0.29, 0.717) is 0 Å². The van der Waals surface area contributed by atoms with Gasteiger partial charge in [0.2, 0.25) is 0 Å². The van der Waals surface area contributed by atoms with Gasteiger partial charge in [0.25, 0.3) is 0 Å². The molecule has 10 heteroatoms. The van der Waals surface area contributed by atoms with E-state index < -0.39 is 42.4 Å². The van der Waals surface area contributed by atoms with Crippen molar-refractivity contribution in [3.05, 3.63) is 22.7 Å². The molecular formula is C16H25N3O7. The maximum atomic E-state index is 12.2. The summed E-state index contributed by atoms with van der Waals surface area (Å²) in [5.41, 5.74) is -2.60. The molecule has 4 N–H and O–H groups in total. The molecule has 10 nitrogen and oxygen atoms in total. The fourth-order valence-corrected chi connectivity index (χ4v) is 2.71. The summed E-state index contributed by atoms with van der Waals surface area (Å²) in [6.07, 6.45) is -0.379. The molecule has 0 saturated carbocycles. The summed E-state index contributed by atoms with van der Waals surface area (Å²) in [4.78, 5) is 27.6. The maximum absolute atomic E-state index is 12.2. The van der Waals surface area contributed by atoms with Crippen molar-refractivity contribution >= 4 is 11.9 Å². The number of nitrogens with zero attached hydrogens (tertiary/aromatic N) is 2. The molecule has 1 aliphatic rings. The lowest BCUT2D eigenvalue weighted by molar-refractivity contribution is -0.0986. The Labute approximate surface area is 150 Å². The second kappa shape index (κ2) is 8.58. The summed E-state index contributed by atoms with van der Waals surface area (Å²) in [7, 11) is 0. The summed E-state index contributed by atoms with van der Waals surface area (Å²) in [5.74, 6) is -0.0105. The zero-order valence-corrected chi connectivity index (χ0v) is 14.8. The van der Waals surface area contributed by atoms with Crippen LogP contribution in [0.25, 0.3) is 0 Å². The molecule has 1 aromatic rings. The van der Waals surface area contributed by atoms with Gasteiger partial charge in [-0.3, -0.25) is 9.88 Å². The topological polar surface area (TPSA) is 143 Å². The van der Waals surface area contributed by atoms with E-state index >= 15 is 0 Å². The van der Waals surface area contributed by atoms with Gasteiger partial charge in [-0.25, -0.2) is 9.59 Å². The Morgan fingerprint density at radius 1 is 1.50 bits per heavy atom. The predicted octanol–water partition coefficient (Wildman–Crippen LogP) is -0.0164. The minimum absolute atomic E-state index is 0.0105. The molecule has 1 amide bonds. The number of anilines is 1. The summed E-state index contributed by atoms with van der Waals surface area (Å²) >= 11 is 0. The minimum Gasteiger partial charge on any atom is -0.449 e. The number of ether oxygens (including phenoxy) is 2. The zero-order chi connectivity index (χ0) is 19.3. The van der Waals surface area contributed by atoms with Gasteiger partial charge in [-0.15, -0.1) is 0 Å². The van der Waals surface area contributed by atoms with Crippen molar-refractivity contribution in [2.24, 2.45) is 0 Å². The van der Waals surface area contributed by atoms with Crippen molar-refractivity contribution in [3.63, 3.8) is 0 Å². The lowest BCUT2D eigenvalue weighted by Crippen LogP contribution is -2.46. The summed E-state index contributed by atoms with van der Waals surface area (Å²) in [5, 5.41) is 31.9. The third-order valence-corrected chi connectivity index (χ3v) is 4.23. The lowest BCUT2D eigenvalue weighted by Gasteiger charge is -2.27. The number of aromatic nitrogens is 2. The Hall–Kier alpha value is -2.01. The van der Waals surface area contributed by atoms with Gasteiger partial charge in [0.1, 0.15) is 23.6 Å². The zero-order valence-electron chi connectivity index (χ0n) is 14.8. The van der Waals surface area contributed by atoms with Crippen LogP contribution in [0.4, 0.5) is 10.6 Å². The van der Waals surface area contributed by atoms with E-state index in [0.717, 1.165) is 23.8 Å². The van der Waals surface area contributed by atoms with Crippen LogP contribution in [0.3, 0.4) is 0 Å². The second-order valence-electron chi connectivity index (χ2n) is 6.35. The molecule has 1 aliphatic heterocycles. The van der Waals surface area contributed by atoms with Crippen molar-refractivity contribution in [2.45, 2.75) is 57.1 Å². The van der Waals surface area contributed by atoms with Crippen LogP contribution < -0.4 is 11.0 Å². The second-order valence-corrected chi connectivity index (χ2v) is 6.35. The van der Waals surface area contributed by atoms with E-state index in [9.17, 15) is 24.9 Å². The molecule has 26 heavy (non-hydrogen) atoms. The van der Waals surface area contributed by atoms with Crippen LogP contribution in [-0.4, -0.2) is 62.0 Å². The molecule has 2 rings (SSSR count). The van der Waals surface area contributed by atoms with Crippen LogP contribution in [0.1, 0.15) is 39.3 Å². The van der Waals surface area contributed by atoms with Gasteiger partial charge in [-0.2, -0.15) is 4.98 Å². The van der Waals surface area contributed by atoms with Crippen LogP contribution in [0.2, 0.25) is 0 Å². The minimum atomic E-state index is -1.80. The SMILES string of the molecule is CCCCCOC(=O)Nc1ccn([C@@H]2O[C@H](CO)[C@@H](O)[C@@]2(C)O)c(=O)n1. The highest BCUT2D eigenvalue weighted by atomic mass is 16.6. The number of hydrogen-bond donors (Lipinski definition) is 4. The van der Waals surface area contributed by atoms with Crippen molar-refractivity contribution < 1.29 is 29.6 Å². The van der Waals surface area contributed by atoms with E-state index in [1.807, 2.05) is 6.92 Å². The number of hydrogen-bond acceptors (Lipinski definition) is 8. The molecule has 4 atom stereocenters. The van der Waals surface area contributed by atoms with Gasteiger partial charge in [-0.05, 0) is 19.4 Å². The number of carbonyl (C=O) groups excluding carboxylic acids is 1. The highest BCUT2D eigenvalue weighted by Gasteiger charge is 2.53. The number of aliphatic hydroxyl groups is 3. The van der Waals surface area contributed by atoms with E-state index in [-0.39, 0.29) is 12.4 Å². The van der Waals surface area contributed by atoms with E-state index in [1.54, 1.807) is 0 Å². The molecule has 0 aromatic carbocycles. The normalized spacial score (nSPS) is 28.1. The molecule has 2 heterocycles. The number of unbranched alkanes of at least 4 members (excludes halogenated alkanes) is 2. The van der Waals surface area contributed by atoms with E-state index in [1.165, 1.54) is 19.2 Å². The predicted molar refractivity (Wildman–Crippen MR) is 90.6 cm³/mol. The van der Waals surface area contributed by atoms with Crippen molar-refractivity contribution in [1.29, 1.82) is 0 Å². The molecule has 1 aromatic heterocycles. The van der Waals surface area contributed by atoms with Crippen molar-refractivity contribution in [2.75, 3.05) is 18.5 Å². The molecule has 0 aliphatic carbocycles. The first-order valence-electron chi connectivity index (χ1n) is 8.51. The van der Waals surface area contributed by atoms with Gasteiger partial charge < -0.3 is 24.8 Å². The third-order valence-electron chi connectivity index (χ3n) is 4.23. The van der Waals surface area contributed by atoms with Gasteiger partial charge in [0.15, 0.2) is 6.23 Å². The van der Waals surface area contributed by atoms with Crippen LogP contribution in [-0.2, 0) is 9.47 Å². The quantitative estimate of drug-likeness (QED) is 0.490. The Morgan fingerprint density at radius 3 is 2.81 bits per heavy atom. The van der Waals surface area contributed by atoms with Gasteiger partial charge in [0.05, 0.1) is 13.2 Å². The Morgan fingerprint density at radius 2 is 2.23 bits per heavy atom. The number of rotatable bonds is 7. The number of aliphatic hydroxyl groups excluding tert-OH is 2. The average molecular weight is 371 g/mol. The third kappa shape index (κ3) is 4.39. The number of amides is 1. The van der Waals surface area contributed by atoms with E-state index in [4.69, 9.17) is 9.47 Å². The monoisotopic (exact) mass is 371 g/mol. The Bertz CT molecular complexity index is 676. The largest absolute Gasteiger partial charge is 0.449 e. The van der Waals surface area contributed by atoms with Crippen molar-refractivity contribution in [3.8, 4) is 0 Å². The Balaban J connectivity index is 2.06. The van der Waals surface area contributed by atoms with Gasteiger partial charge in [-0.1, -0.05) is 19.8 Å². The summed E-state index contributed by atoms with van der Waals surface area (Å²) in [6.45, 7) is 3.09. The Kier molecular flexibility index (Phi) is 6.70. The highest BCUT2D eigenvalue weighted by Crippen LogP contribution is 2.37. The molecule has 1 saturated heterocycles. The molecule has 0 radical (unpaired) electrons. The summed E-state index contributed by atoms with van der Waals surface area (Å²) in [6, 6.07) is 1.34. The molecule has 146 valence electrons. The standard InChI is InChI=1S/C16H25N3O7/c1-3-4-5-8-25-15(23)18-11-6-7-19(14(22)17-11)13-16(2,24)12(21)10(9-20)26-13/h6-7,10,12-13,20-21,24H,3-5,8-9H2,1-2H3,(H,17,18,22,23)/t10-,12-,13-,16-/m1/s1. The van der Waals surface area contributed by atoms with Crippen LogP contribution in [0.5, 0.6) is 0 Å². The fraction of sp³-hybridized carbons (Fsp3) is 0.688. The molecule has 1 fully saturated rings. The first-order chi connectivity index (χ1) is 12.3. The highest BCUT2D eigenvalue weighted by molar-refractivity contribution is 5.83. The van der Waals surface area contributed by atoms with Gasteiger partial charge >= 0.3 is 11.8 Å². The molecule has 0 bridgehead atoms. The fourth-order valence-electron chi connectivity index (χ4n) is 2.71. The summed E-state index contributed by atoms with van der Waals surface area (Å²) < 4.78 is 11.3. The smallest absolute Gasteiger partial charge is 0.412 e.